The van der Waals surface area contributed by atoms with Gasteiger partial charge in [0, 0.05) is 0 Å². The lowest BCUT2D eigenvalue weighted by atomic mass is 10.1. The number of aliphatic hydroxyl groups is 1. The monoisotopic (exact) mass is 219 g/mol. The normalized spacial score (nSPS) is 12.6. The van der Waals surface area contributed by atoms with Crippen LogP contribution in [0.25, 0.3) is 0 Å². The van der Waals surface area contributed by atoms with Crippen LogP contribution in [0, 0.1) is 5.82 Å². The number of rotatable bonds is 3. The van der Waals surface area contributed by atoms with Gasteiger partial charge >= 0.3 is 0 Å². The lowest BCUT2D eigenvalue weighted by molar-refractivity contribution is 0.261. The van der Waals surface area contributed by atoms with Gasteiger partial charge in [0.05, 0.1) is 30.3 Å². The molecule has 14 heavy (non-hydrogen) atoms. The molecule has 1 aromatic carbocycles. The summed E-state index contributed by atoms with van der Waals surface area (Å²) in [5.41, 5.74) is 5.61. The maximum atomic E-state index is 13.5. The van der Waals surface area contributed by atoms with E-state index in [2.05, 4.69) is 0 Å². The van der Waals surface area contributed by atoms with Crippen LogP contribution in [0.15, 0.2) is 12.1 Å². The molecule has 0 saturated carbocycles. The van der Waals surface area contributed by atoms with E-state index in [0.29, 0.717) is 0 Å². The van der Waals surface area contributed by atoms with E-state index in [1.54, 1.807) is 0 Å². The van der Waals surface area contributed by atoms with Crippen LogP contribution in [-0.2, 0) is 0 Å². The molecule has 0 aliphatic carbocycles. The van der Waals surface area contributed by atoms with Gasteiger partial charge in [-0.2, -0.15) is 0 Å². The van der Waals surface area contributed by atoms with Crippen molar-refractivity contribution < 1.29 is 14.2 Å². The molecular formula is C9H11ClFNO2. The first-order chi connectivity index (χ1) is 6.61. The Bertz CT molecular complexity index is 333. The smallest absolute Gasteiger partial charge is 0.150 e. The highest BCUT2D eigenvalue weighted by atomic mass is 35.5. The third-order valence-corrected chi connectivity index (χ3v) is 2.17. The van der Waals surface area contributed by atoms with E-state index in [-0.39, 0.29) is 22.9 Å². The summed E-state index contributed by atoms with van der Waals surface area (Å²) in [5, 5.41) is 8.80. The van der Waals surface area contributed by atoms with Gasteiger partial charge in [0.1, 0.15) is 11.6 Å². The second kappa shape index (κ2) is 4.59. The first-order valence-electron chi connectivity index (χ1n) is 4.00. The molecule has 1 atom stereocenters. The van der Waals surface area contributed by atoms with Crippen molar-refractivity contribution in [2.45, 2.75) is 6.04 Å². The van der Waals surface area contributed by atoms with Gasteiger partial charge in [-0.05, 0) is 12.1 Å². The second-order valence-electron chi connectivity index (χ2n) is 2.77. The van der Waals surface area contributed by atoms with Crippen molar-refractivity contribution in [3.63, 3.8) is 0 Å². The largest absolute Gasteiger partial charge is 0.496 e. The Labute approximate surface area is 86.2 Å². The molecule has 78 valence electrons. The fourth-order valence-corrected chi connectivity index (χ4v) is 1.33. The van der Waals surface area contributed by atoms with Crippen molar-refractivity contribution in [3.05, 3.63) is 28.5 Å². The van der Waals surface area contributed by atoms with Crippen LogP contribution < -0.4 is 10.5 Å². The third kappa shape index (κ3) is 1.97. The molecule has 0 amide bonds. The number of nitrogens with two attached hydrogens (primary N) is 1. The molecule has 0 heterocycles. The zero-order valence-corrected chi connectivity index (χ0v) is 8.38. The van der Waals surface area contributed by atoms with Gasteiger partial charge in [0.2, 0.25) is 0 Å². The fourth-order valence-electron chi connectivity index (χ4n) is 1.16. The molecule has 3 N–H and O–H groups in total. The van der Waals surface area contributed by atoms with Gasteiger partial charge in [-0.15, -0.1) is 0 Å². The van der Waals surface area contributed by atoms with Crippen LogP contribution in [0.3, 0.4) is 0 Å². The summed E-state index contributed by atoms with van der Waals surface area (Å²) in [5.74, 6) is -0.360. The molecule has 0 saturated heterocycles. The van der Waals surface area contributed by atoms with E-state index < -0.39 is 11.9 Å². The molecule has 0 bridgehead atoms. The topological polar surface area (TPSA) is 55.5 Å². The summed E-state index contributed by atoms with van der Waals surface area (Å²) >= 11 is 5.58. The average Bonchev–Trinajstić information content (AvgIpc) is 2.20. The summed E-state index contributed by atoms with van der Waals surface area (Å²) in [6.45, 7) is -0.367. The molecular weight excluding hydrogens is 209 g/mol. The third-order valence-electron chi connectivity index (χ3n) is 1.88. The van der Waals surface area contributed by atoms with E-state index >= 15 is 0 Å². The van der Waals surface area contributed by atoms with Gasteiger partial charge in [0.25, 0.3) is 0 Å². The Morgan fingerprint density at radius 1 is 1.64 bits per heavy atom. The molecule has 0 aliphatic heterocycles. The lowest BCUT2D eigenvalue weighted by Crippen LogP contribution is -2.17. The number of ether oxygens (including phenoxy) is 1. The summed E-state index contributed by atoms with van der Waals surface area (Å²) in [7, 11) is 1.40. The first kappa shape index (κ1) is 11.2. The molecule has 0 radical (unpaired) electrons. The summed E-state index contributed by atoms with van der Waals surface area (Å²) in [6.07, 6.45) is 0. The minimum Gasteiger partial charge on any atom is -0.496 e. The van der Waals surface area contributed by atoms with Gasteiger partial charge in [0.15, 0.2) is 0 Å². The maximum Gasteiger partial charge on any atom is 0.150 e. The van der Waals surface area contributed by atoms with Crippen molar-refractivity contribution in [2.24, 2.45) is 5.73 Å². The van der Waals surface area contributed by atoms with Gasteiger partial charge in [-0.25, -0.2) is 4.39 Å². The highest BCUT2D eigenvalue weighted by Gasteiger charge is 2.18. The van der Waals surface area contributed by atoms with Crippen LogP contribution in [0.1, 0.15) is 11.6 Å². The van der Waals surface area contributed by atoms with Crippen LogP contribution in [0.5, 0.6) is 5.75 Å². The predicted octanol–water partition coefficient (Wildman–Crippen LogP) is 1.48. The molecule has 0 spiro atoms. The molecule has 3 nitrogen and oxygen atoms in total. The van der Waals surface area contributed by atoms with Crippen LogP contribution in [0.4, 0.5) is 4.39 Å². The van der Waals surface area contributed by atoms with E-state index in [9.17, 15) is 4.39 Å². The molecule has 5 heteroatoms. The molecule has 1 unspecified atom stereocenters. The predicted molar refractivity (Wildman–Crippen MR) is 52.0 cm³/mol. The lowest BCUT2D eigenvalue weighted by Gasteiger charge is -2.14. The average molecular weight is 220 g/mol. The highest BCUT2D eigenvalue weighted by Crippen LogP contribution is 2.30. The zero-order chi connectivity index (χ0) is 10.7. The van der Waals surface area contributed by atoms with E-state index in [0.717, 1.165) is 0 Å². The Balaban J connectivity index is 3.27. The van der Waals surface area contributed by atoms with E-state index in [1.165, 1.54) is 19.2 Å². The minimum atomic E-state index is -0.830. The molecule has 1 rings (SSSR count). The highest BCUT2D eigenvalue weighted by molar-refractivity contribution is 6.30. The molecule has 0 fully saturated rings. The first-order valence-corrected chi connectivity index (χ1v) is 4.38. The van der Waals surface area contributed by atoms with Crippen molar-refractivity contribution in [2.75, 3.05) is 13.7 Å². The SMILES string of the molecule is COc1ccc(Cl)c(F)c1C(N)CO. The summed E-state index contributed by atoms with van der Waals surface area (Å²) in [4.78, 5) is 0. The number of benzene rings is 1. The van der Waals surface area contributed by atoms with Crippen LogP contribution in [-0.4, -0.2) is 18.8 Å². The number of methoxy groups -OCH3 is 1. The fraction of sp³-hybridized carbons (Fsp3) is 0.333. The summed E-state index contributed by atoms with van der Waals surface area (Å²) < 4.78 is 18.4. The van der Waals surface area contributed by atoms with Crippen LogP contribution in [0.2, 0.25) is 5.02 Å². The Morgan fingerprint density at radius 3 is 2.79 bits per heavy atom. The van der Waals surface area contributed by atoms with E-state index in [1.807, 2.05) is 0 Å². The van der Waals surface area contributed by atoms with Crippen LogP contribution >= 0.6 is 11.6 Å². The number of halogens is 2. The van der Waals surface area contributed by atoms with Crippen molar-refractivity contribution in [3.8, 4) is 5.75 Å². The van der Waals surface area contributed by atoms with Gasteiger partial charge in [-0.3, -0.25) is 0 Å². The molecule has 0 aromatic heterocycles. The maximum absolute atomic E-state index is 13.5. The standard InChI is InChI=1S/C9H11ClFNO2/c1-14-7-3-2-5(10)9(11)8(7)6(12)4-13/h2-3,6,13H,4,12H2,1H3. The van der Waals surface area contributed by atoms with Gasteiger partial charge < -0.3 is 15.6 Å². The number of hydrogen-bond donors (Lipinski definition) is 2. The van der Waals surface area contributed by atoms with Crippen molar-refractivity contribution >= 4 is 11.6 Å². The Morgan fingerprint density at radius 2 is 2.29 bits per heavy atom. The van der Waals surface area contributed by atoms with Gasteiger partial charge in [-0.1, -0.05) is 11.6 Å². The van der Waals surface area contributed by atoms with E-state index in [4.69, 9.17) is 27.2 Å². The second-order valence-corrected chi connectivity index (χ2v) is 3.17. The Kier molecular flexibility index (Phi) is 3.69. The minimum absolute atomic E-state index is 0.0373. The zero-order valence-electron chi connectivity index (χ0n) is 7.63. The quantitative estimate of drug-likeness (QED) is 0.810. The number of aliphatic hydroxyl groups excluding tert-OH is 1. The van der Waals surface area contributed by atoms with Crippen molar-refractivity contribution in [1.29, 1.82) is 0 Å². The number of hydrogen-bond acceptors (Lipinski definition) is 3. The molecule has 1 aromatic rings. The Hall–Kier alpha value is -0.840. The summed E-state index contributed by atoms with van der Waals surface area (Å²) in [6, 6.07) is 2.06. The van der Waals surface area contributed by atoms with Crippen molar-refractivity contribution in [1.82, 2.24) is 0 Å². The molecule has 0 aliphatic rings.